The topological polar surface area (TPSA) is 51.3 Å². The molecule has 1 aliphatic carbocycles. The summed E-state index contributed by atoms with van der Waals surface area (Å²) >= 11 is 0. The summed E-state index contributed by atoms with van der Waals surface area (Å²) in [5.74, 6) is 0.0681. The Balaban J connectivity index is 1.72. The number of carbonyl (C=O) groups excluding carboxylic acids is 1. The van der Waals surface area contributed by atoms with Gasteiger partial charge in [0, 0.05) is 24.5 Å². The smallest absolute Gasteiger partial charge is 0.274 e. The highest BCUT2D eigenvalue weighted by Gasteiger charge is 2.31. The van der Waals surface area contributed by atoms with E-state index < -0.39 is 0 Å². The first kappa shape index (κ1) is 11.6. The number of aromatic nitrogens is 1. The van der Waals surface area contributed by atoms with Crippen LogP contribution in [0.4, 0.5) is 11.4 Å². The maximum Gasteiger partial charge on any atom is 0.274 e. The minimum Gasteiger partial charge on any atom is -0.397 e. The van der Waals surface area contributed by atoms with Crippen LogP contribution in [0.2, 0.25) is 0 Å². The van der Waals surface area contributed by atoms with Crippen LogP contribution in [-0.2, 0) is 6.42 Å². The lowest BCUT2D eigenvalue weighted by atomic mass is 10.2. The number of amides is 1. The minimum atomic E-state index is 0.0681. The zero-order chi connectivity index (χ0) is 13.7. The van der Waals surface area contributed by atoms with Gasteiger partial charge in [-0.1, -0.05) is 18.2 Å². The number of para-hydroxylation sites is 1. The van der Waals surface area contributed by atoms with Gasteiger partial charge in [0.2, 0.25) is 0 Å². The molecule has 2 aromatic rings. The van der Waals surface area contributed by atoms with E-state index in [4.69, 9.17) is 5.73 Å². The summed E-state index contributed by atoms with van der Waals surface area (Å²) < 4.78 is 2.05. The molecule has 1 aromatic carbocycles. The van der Waals surface area contributed by atoms with Gasteiger partial charge in [-0.3, -0.25) is 4.79 Å². The highest BCUT2D eigenvalue weighted by molar-refractivity contribution is 6.07. The van der Waals surface area contributed by atoms with Crippen molar-refractivity contribution in [1.29, 1.82) is 0 Å². The van der Waals surface area contributed by atoms with Crippen LogP contribution in [0.25, 0.3) is 0 Å². The Morgan fingerprint density at radius 2 is 2.05 bits per heavy atom. The fourth-order valence-corrected chi connectivity index (χ4v) is 3.01. The van der Waals surface area contributed by atoms with Crippen molar-refractivity contribution < 1.29 is 4.79 Å². The van der Waals surface area contributed by atoms with Crippen LogP contribution in [-0.4, -0.2) is 17.0 Å². The second-order valence-electron chi connectivity index (χ2n) is 5.63. The Kier molecular flexibility index (Phi) is 2.39. The van der Waals surface area contributed by atoms with Crippen molar-refractivity contribution in [1.82, 2.24) is 4.57 Å². The summed E-state index contributed by atoms with van der Waals surface area (Å²) in [6.45, 7) is 0.758. The lowest BCUT2D eigenvalue weighted by Crippen LogP contribution is -2.30. The number of hydrogen-bond donors (Lipinski definition) is 1. The second-order valence-corrected chi connectivity index (χ2v) is 5.63. The van der Waals surface area contributed by atoms with Gasteiger partial charge in [0.05, 0.1) is 5.69 Å². The largest absolute Gasteiger partial charge is 0.397 e. The molecule has 4 rings (SSSR count). The van der Waals surface area contributed by atoms with Crippen LogP contribution in [0.5, 0.6) is 0 Å². The Morgan fingerprint density at radius 3 is 2.85 bits per heavy atom. The summed E-state index contributed by atoms with van der Waals surface area (Å²) in [5.41, 5.74) is 9.57. The van der Waals surface area contributed by atoms with Crippen LogP contribution in [0.1, 0.15) is 34.9 Å². The number of fused-ring (bicyclic) bond motifs is 1. The van der Waals surface area contributed by atoms with Gasteiger partial charge >= 0.3 is 0 Å². The average molecular weight is 267 g/mol. The summed E-state index contributed by atoms with van der Waals surface area (Å²) in [6, 6.07) is 10.4. The summed E-state index contributed by atoms with van der Waals surface area (Å²) in [6.07, 6.45) is 5.12. The summed E-state index contributed by atoms with van der Waals surface area (Å²) in [5, 5.41) is 0. The molecule has 1 saturated carbocycles. The van der Waals surface area contributed by atoms with Crippen LogP contribution >= 0.6 is 0 Å². The first-order chi connectivity index (χ1) is 9.74. The third-order valence-electron chi connectivity index (χ3n) is 4.16. The molecule has 102 valence electrons. The first-order valence-corrected chi connectivity index (χ1v) is 7.11. The molecule has 2 heterocycles. The quantitative estimate of drug-likeness (QED) is 0.909. The molecule has 0 atom stereocenters. The number of nitrogens with zero attached hydrogens (tertiary/aromatic N) is 2. The molecule has 20 heavy (non-hydrogen) atoms. The molecule has 0 spiro atoms. The average Bonchev–Trinajstić information content (AvgIpc) is 3.09. The lowest BCUT2D eigenvalue weighted by Gasteiger charge is -2.18. The number of anilines is 2. The van der Waals surface area contributed by atoms with Crippen LogP contribution < -0.4 is 10.6 Å². The van der Waals surface area contributed by atoms with Crippen molar-refractivity contribution in [3.8, 4) is 0 Å². The molecule has 2 aliphatic rings. The molecule has 1 amide bonds. The Morgan fingerprint density at radius 1 is 1.25 bits per heavy atom. The van der Waals surface area contributed by atoms with Crippen molar-refractivity contribution in [2.24, 2.45) is 0 Å². The number of hydrogen-bond acceptors (Lipinski definition) is 2. The van der Waals surface area contributed by atoms with E-state index in [0.717, 1.165) is 37.2 Å². The second kappa shape index (κ2) is 4.13. The van der Waals surface area contributed by atoms with Crippen molar-refractivity contribution in [2.45, 2.75) is 25.3 Å². The van der Waals surface area contributed by atoms with Crippen molar-refractivity contribution in [3.05, 3.63) is 47.8 Å². The fraction of sp³-hybridized carbons (Fsp3) is 0.312. The minimum absolute atomic E-state index is 0.0681. The number of carbonyl (C=O) groups is 1. The number of nitrogens with two attached hydrogens (primary N) is 1. The molecule has 0 saturated heterocycles. The summed E-state index contributed by atoms with van der Waals surface area (Å²) in [7, 11) is 0. The molecule has 4 heteroatoms. The highest BCUT2D eigenvalue weighted by Crippen LogP contribution is 2.38. The van der Waals surface area contributed by atoms with Gasteiger partial charge in [0.25, 0.3) is 5.91 Å². The summed E-state index contributed by atoms with van der Waals surface area (Å²) in [4.78, 5) is 14.7. The van der Waals surface area contributed by atoms with E-state index in [1.165, 1.54) is 5.56 Å². The van der Waals surface area contributed by atoms with Crippen LogP contribution in [0, 0.1) is 0 Å². The van der Waals surface area contributed by atoms with Crippen LogP contribution in [0.3, 0.4) is 0 Å². The van der Waals surface area contributed by atoms with Gasteiger partial charge in [-0.05, 0) is 37.0 Å². The molecule has 0 radical (unpaired) electrons. The third-order valence-corrected chi connectivity index (χ3v) is 4.16. The molecule has 1 fully saturated rings. The maximum absolute atomic E-state index is 12.8. The fourth-order valence-electron chi connectivity index (χ4n) is 3.01. The first-order valence-electron chi connectivity index (χ1n) is 7.11. The Hall–Kier alpha value is -2.23. The molecule has 0 bridgehead atoms. The van der Waals surface area contributed by atoms with E-state index in [2.05, 4.69) is 10.6 Å². The van der Waals surface area contributed by atoms with Crippen molar-refractivity contribution >= 4 is 17.3 Å². The highest BCUT2D eigenvalue weighted by atomic mass is 16.2. The third kappa shape index (κ3) is 1.72. The van der Waals surface area contributed by atoms with E-state index >= 15 is 0 Å². The Labute approximate surface area is 117 Å². The predicted molar refractivity (Wildman–Crippen MR) is 78.9 cm³/mol. The standard InChI is InChI=1S/C16H17N3O/c17-12-9-15(19(10-12)13-5-6-13)16(20)18-8-7-11-3-1-2-4-14(11)18/h1-4,9-10,13H,5-8,17H2. The molecule has 0 unspecified atom stereocenters. The van der Waals surface area contributed by atoms with Gasteiger partial charge in [-0.2, -0.15) is 0 Å². The van der Waals surface area contributed by atoms with Crippen LogP contribution in [0.15, 0.2) is 36.5 Å². The number of rotatable bonds is 2. The predicted octanol–water partition coefficient (Wildman–Crippen LogP) is 2.61. The number of benzene rings is 1. The van der Waals surface area contributed by atoms with E-state index in [-0.39, 0.29) is 5.91 Å². The van der Waals surface area contributed by atoms with Crippen molar-refractivity contribution in [3.63, 3.8) is 0 Å². The van der Waals surface area contributed by atoms with E-state index in [0.29, 0.717) is 11.7 Å². The molecule has 1 aliphatic heterocycles. The lowest BCUT2D eigenvalue weighted by molar-refractivity contribution is 0.0980. The monoisotopic (exact) mass is 267 g/mol. The van der Waals surface area contributed by atoms with Gasteiger partial charge in [0.1, 0.15) is 5.69 Å². The van der Waals surface area contributed by atoms with Crippen molar-refractivity contribution in [2.75, 3.05) is 17.2 Å². The van der Waals surface area contributed by atoms with Gasteiger partial charge in [-0.25, -0.2) is 0 Å². The zero-order valence-electron chi connectivity index (χ0n) is 11.2. The van der Waals surface area contributed by atoms with E-state index in [1.807, 2.05) is 35.4 Å². The van der Waals surface area contributed by atoms with Gasteiger partial charge in [0.15, 0.2) is 0 Å². The van der Waals surface area contributed by atoms with E-state index in [1.54, 1.807) is 0 Å². The van der Waals surface area contributed by atoms with Gasteiger partial charge < -0.3 is 15.2 Å². The van der Waals surface area contributed by atoms with Gasteiger partial charge in [-0.15, -0.1) is 0 Å². The maximum atomic E-state index is 12.8. The molecule has 1 aromatic heterocycles. The van der Waals surface area contributed by atoms with E-state index in [9.17, 15) is 4.79 Å². The molecular formula is C16H17N3O. The normalized spacial score (nSPS) is 17.3. The number of nitrogen functional groups attached to an aromatic ring is 1. The Bertz CT molecular complexity index is 685. The zero-order valence-corrected chi connectivity index (χ0v) is 11.2. The SMILES string of the molecule is Nc1cc(C(=O)N2CCc3ccccc32)n(C2CC2)c1. The molecule has 4 nitrogen and oxygen atoms in total. The molecule has 2 N–H and O–H groups in total. The molecular weight excluding hydrogens is 250 g/mol.